The Kier molecular flexibility index (Phi) is 6.93. The van der Waals surface area contributed by atoms with Crippen molar-refractivity contribution in [1.82, 2.24) is 4.57 Å². The van der Waals surface area contributed by atoms with Crippen molar-refractivity contribution in [3.8, 4) is 57.3 Å². The lowest BCUT2D eigenvalue weighted by atomic mass is 9.85. The number of nitriles is 3. The van der Waals surface area contributed by atoms with E-state index < -0.39 is 0 Å². The molecule has 1 aromatic heterocycles. The van der Waals surface area contributed by atoms with Gasteiger partial charge in [-0.25, -0.2) is 0 Å². The molecule has 9 aromatic rings. The maximum absolute atomic E-state index is 10.7. The molecule has 4 heteroatoms. The Balaban J connectivity index is 1.28. The van der Waals surface area contributed by atoms with E-state index in [1.54, 1.807) is 0 Å². The lowest BCUT2D eigenvalue weighted by molar-refractivity contribution is 1.18. The van der Waals surface area contributed by atoms with Crippen molar-refractivity contribution in [1.29, 1.82) is 15.8 Å². The summed E-state index contributed by atoms with van der Waals surface area (Å²) in [6.07, 6.45) is 0. The van der Waals surface area contributed by atoms with Gasteiger partial charge in [-0.2, -0.15) is 15.8 Å². The summed E-state index contributed by atoms with van der Waals surface area (Å²) in [6, 6.07) is 60.3. The SMILES string of the molecule is N#Cc1ccc2c(c1)c1cc(C#N)ccc1n2-c1ccccc1-c1ccc(-c2c3ccccc3c(-c3ccccc3)c3ccccc23)cc1C#N. The average Bonchev–Trinajstić information content (AvgIpc) is 3.52. The van der Waals surface area contributed by atoms with Gasteiger partial charge in [0.2, 0.25) is 0 Å². The maximum Gasteiger partial charge on any atom is 0.0998 e. The Hall–Kier alpha value is -7.45. The Labute approximate surface area is 294 Å². The summed E-state index contributed by atoms with van der Waals surface area (Å²) in [4.78, 5) is 0. The van der Waals surface area contributed by atoms with Gasteiger partial charge in [0.05, 0.1) is 51.6 Å². The molecule has 0 aliphatic carbocycles. The quantitative estimate of drug-likeness (QED) is 0.179. The highest BCUT2D eigenvalue weighted by atomic mass is 15.0. The first-order valence-electron chi connectivity index (χ1n) is 16.7. The van der Waals surface area contributed by atoms with E-state index in [1.165, 1.54) is 11.1 Å². The summed E-state index contributed by atoms with van der Waals surface area (Å²) in [5, 5.41) is 36.5. The monoisotopic (exact) mass is 646 g/mol. The van der Waals surface area contributed by atoms with Crippen LogP contribution in [0.15, 0.2) is 158 Å². The molecule has 0 radical (unpaired) electrons. The van der Waals surface area contributed by atoms with Crippen molar-refractivity contribution in [2.24, 2.45) is 0 Å². The summed E-state index contributed by atoms with van der Waals surface area (Å²) in [7, 11) is 0. The highest BCUT2D eigenvalue weighted by Crippen LogP contribution is 2.45. The number of benzene rings is 8. The number of rotatable bonds is 4. The molecule has 0 unspecified atom stereocenters. The summed E-state index contributed by atoms with van der Waals surface area (Å²) in [6.45, 7) is 0. The Morgan fingerprint density at radius 2 is 0.882 bits per heavy atom. The van der Waals surface area contributed by atoms with Crippen LogP contribution in [-0.2, 0) is 0 Å². The molecule has 0 aliphatic rings. The molecule has 0 saturated heterocycles. The minimum atomic E-state index is 0.552. The third kappa shape index (κ3) is 4.66. The first-order chi connectivity index (χ1) is 25.2. The van der Waals surface area contributed by atoms with Crippen LogP contribution >= 0.6 is 0 Å². The zero-order valence-electron chi connectivity index (χ0n) is 27.3. The molecule has 0 saturated carbocycles. The van der Waals surface area contributed by atoms with Crippen LogP contribution in [0.5, 0.6) is 0 Å². The standard InChI is InChI=1S/C47H26N4/c48-27-30-18-22-44-41(24-30)42-25-31(28-49)19-23-45(42)51(44)43-17-9-8-12-36(43)35-21-20-33(26-34(35)29-50)47-39-15-6-4-13-37(39)46(32-10-2-1-3-11-32)38-14-5-7-16-40(38)47/h1-26H. The van der Waals surface area contributed by atoms with Gasteiger partial charge in [-0.3, -0.25) is 0 Å². The number of hydrogen-bond donors (Lipinski definition) is 0. The maximum atomic E-state index is 10.7. The van der Waals surface area contributed by atoms with Gasteiger partial charge in [0, 0.05) is 21.9 Å². The van der Waals surface area contributed by atoms with E-state index in [-0.39, 0.29) is 0 Å². The van der Waals surface area contributed by atoms with Crippen LogP contribution in [0.25, 0.3) is 82.4 Å². The predicted octanol–water partition coefficient (Wildman–Crippen LogP) is 11.7. The number of hydrogen-bond acceptors (Lipinski definition) is 3. The van der Waals surface area contributed by atoms with E-state index in [1.807, 2.05) is 60.7 Å². The van der Waals surface area contributed by atoms with Gasteiger partial charge < -0.3 is 4.57 Å². The molecule has 8 aromatic carbocycles. The molecule has 0 aliphatic heterocycles. The summed E-state index contributed by atoms with van der Waals surface area (Å²) in [5.41, 5.74) is 10.6. The fourth-order valence-electron chi connectivity index (χ4n) is 7.70. The molecular weight excluding hydrogens is 621 g/mol. The fourth-order valence-corrected chi connectivity index (χ4v) is 7.70. The molecule has 0 N–H and O–H groups in total. The summed E-state index contributed by atoms with van der Waals surface area (Å²) in [5.74, 6) is 0. The minimum Gasteiger partial charge on any atom is -0.309 e. The zero-order chi connectivity index (χ0) is 34.5. The fraction of sp³-hybridized carbons (Fsp3) is 0. The molecule has 9 rings (SSSR count). The van der Waals surface area contributed by atoms with E-state index in [4.69, 9.17) is 0 Å². The number of aromatic nitrogens is 1. The zero-order valence-corrected chi connectivity index (χ0v) is 27.3. The van der Waals surface area contributed by atoms with Gasteiger partial charge in [-0.1, -0.05) is 109 Å². The van der Waals surface area contributed by atoms with E-state index in [9.17, 15) is 15.8 Å². The van der Waals surface area contributed by atoms with Crippen molar-refractivity contribution >= 4 is 43.4 Å². The lowest BCUT2D eigenvalue weighted by Crippen LogP contribution is -1.98. The molecule has 0 amide bonds. The smallest absolute Gasteiger partial charge is 0.0998 e. The Morgan fingerprint density at radius 3 is 1.43 bits per heavy atom. The van der Waals surface area contributed by atoms with Gasteiger partial charge in [0.25, 0.3) is 0 Å². The van der Waals surface area contributed by atoms with Crippen molar-refractivity contribution in [2.45, 2.75) is 0 Å². The van der Waals surface area contributed by atoms with Crippen LogP contribution in [0.4, 0.5) is 0 Å². The van der Waals surface area contributed by atoms with Gasteiger partial charge in [-0.05, 0) is 92.3 Å². The van der Waals surface area contributed by atoms with Crippen LogP contribution < -0.4 is 0 Å². The molecule has 0 spiro atoms. The minimum absolute atomic E-state index is 0.552. The largest absolute Gasteiger partial charge is 0.309 e. The molecule has 51 heavy (non-hydrogen) atoms. The van der Waals surface area contributed by atoms with Gasteiger partial charge >= 0.3 is 0 Å². The third-order valence-electron chi connectivity index (χ3n) is 9.88. The second-order valence-corrected chi connectivity index (χ2v) is 12.6. The molecule has 0 fully saturated rings. The summed E-state index contributed by atoms with van der Waals surface area (Å²) < 4.78 is 2.17. The van der Waals surface area contributed by atoms with Crippen molar-refractivity contribution in [3.05, 3.63) is 174 Å². The molecule has 4 nitrogen and oxygen atoms in total. The molecule has 0 bridgehead atoms. The molecule has 0 atom stereocenters. The third-order valence-corrected chi connectivity index (χ3v) is 9.88. The van der Waals surface area contributed by atoms with Crippen LogP contribution in [-0.4, -0.2) is 4.57 Å². The molecular formula is C47H26N4. The summed E-state index contributed by atoms with van der Waals surface area (Å²) >= 11 is 0. The van der Waals surface area contributed by atoms with Crippen molar-refractivity contribution < 1.29 is 0 Å². The number of fused-ring (bicyclic) bond motifs is 5. The van der Waals surface area contributed by atoms with Crippen molar-refractivity contribution in [3.63, 3.8) is 0 Å². The predicted molar refractivity (Wildman–Crippen MR) is 206 cm³/mol. The molecule has 1 heterocycles. The lowest BCUT2D eigenvalue weighted by Gasteiger charge is -2.19. The van der Waals surface area contributed by atoms with E-state index in [0.717, 1.165) is 71.3 Å². The second-order valence-electron chi connectivity index (χ2n) is 12.6. The van der Waals surface area contributed by atoms with Gasteiger partial charge in [-0.15, -0.1) is 0 Å². The normalized spacial score (nSPS) is 11.1. The highest BCUT2D eigenvalue weighted by Gasteiger charge is 2.20. The van der Waals surface area contributed by atoms with E-state index >= 15 is 0 Å². The first kappa shape index (κ1) is 29.7. The Bertz CT molecular complexity index is 2870. The van der Waals surface area contributed by atoms with Crippen LogP contribution in [0.3, 0.4) is 0 Å². The molecule has 234 valence electrons. The van der Waals surface area contributed by atoms with Gasteiger partial charge in [0.15, 0.2) is 0 Å². The second kappa shape index (κ2) is 11.9. The first-order valence-corrected chi connectivity index (χ1v) is 16.7. The van der Waals surface area contributed by atoms with Crippen molar-refractivity contribution in [2.75, 3.05) is 0 Å². The topological polar surface area (TPSA) is 76.3 Å². The number of nitrogens with zero attached hydrogens (tertiary/aromatic N) is 4. The number of para-hydroxylation sites is 1. The Morgan fingerprint density at radius 1 is 0.373 bits per heavy atom. The highest BCUT2D eigenvalue weighted by molar-refractivity contribution is 6.21. The van der Waals surface area contributed by atoms with E-state index in [0.29, 0.717) is 16.7 Å². The van der Waals surface area contributed by atoms with Crippen LogP contribution in [0, 0.1) is 34.0 Å². The van der Waals surface area contributed by atoms with Gasteiger partial charge in [0.1, 0.15) is 0 Å². The average molecular weight is 647 g/mol. The van der Waals surface area contributed by atoms with Crippen LogP contribution in [0.2, 0.25) is 0 Å². The van der Waals surface area contributed by atoms with E-state index in [2.05, 4.69) is 120 Å². The van der Waals surface area contributed by atoms with Crippen LogP contribution in [0.1, 0.15) is 16.7 Å².